The summed E-state index contributed by atoms with van der Waals surface area (Å²) in [4.78, 5) is 26.6. The van der Waals surface area contributed by atoms with E-state index in [0.717, 1.165) is 0 Å². The van der Waals surface area contributed by atoms with E-state index < -0.39 is 11.9 Å². The predicted octanol–water partition coefficient (Wildman–Crippen LogP) is 0.434. The number of pyridine rings is 1. The van der Waals surface area contributed by atoms with Crippen LogP contribution in [0.4, 0.5) is 0 Å². The molecule has 1 N–H and O–H groups in total. The van der Waals surface area contributed by atoms with Gasteiger partial charge in [-0.2, -0.15) is 0 Å². The number of aromatic nitrogens is 2. The van der Waals surface area contributed by atoms with Gasteiger partial charge in [0.2, 0.25) is 0 Å². The number of hydrogen-bond donors (Lipinski definition) is 1. The van der Waals surface area contributed by atoms with Crippen molar-refractivity contribution in [1.29, 1.82) is 0 Å². The van der Waals surface area contributed by atoms with Gasteiger partial charge >= 0.3 is 5.97 Å². The van der Waals surface area contributed by atoms with Crippen LogP contribution in [-0.4, -0.2) is 35.7 Å². The molecular formula is C11H11N3O4. The van der Waals surface area contributed by atoms with Gasteiger partial charge in [0.15, 0.2) is 0 Å². The number of esters is 1. The van der Waals surface area contributed by atoms with Crippen molar-refractivity contribution in [3.63, 3.8) is 0 Å². The SMILES string of the molecule is COC(=O)CNC(=O)c1cnc2onc(C)c2c1. The number of carbonyl (C=O) groups is 2. The highest BCUT2D eigenvalue weighted by Gasteiger charge is 2.12. The van der Waals surface area contributed by atoms with Gasteiger partial charge in [0.05, 0.1) is 23.8 Å². The van der Waals surface area contributed by atoms with Gasteiger partial charge in [0, 0.05) is 6.20 Å². The second-order valence-corrected chi connectivity index (χ2v) is 3.60. The number of methoxy groups -OCH3 is 1. The summed E-state index contributed by atoms with van der Waals surface area (Å²) in [7, 11) is 1.25. The molecule has 0 fully saturated rings. The molecule has 2 aromatic rings. The molecule has 94 valence electrons. The van der Waals surface area contributed by atoms with Crippen LogP contribution in [0.2, 0.25) is 0 Å². The van der Waals surface area contributed by atoms with Gasteiger partial charge in [-0.25, -0.2) is 4.98 Å². The van der Waals surface area contributed by atoms with Crippen molar-refractivity contribution in [2.75, 3.05) is 13.7 Å². The molecule has 7 nitrogen and oxygen atoms in total. The molecule has 7 heteroatoms. The summed E-state index contributed by atoms with van der Waals surface area (Å²) in [5.41, 5.74) is 1.36. The molecule has 0 atom stereocenters. The Hall–Kier alpha value is -2.44. The average molecular weight is 249 g/mol. The van der Waals surface area contributed by atoms with Crippen LogP contribution in [-0.2, 0) is 9.53 Å². The summed E-state index contributed by atoms with van der Waals surface area (Å²) in [5, 5.41) is 6.83. The minimum Gasteiger partial charge on any atom is -0.468 e. The van der Waals surface area contributed by atoms with Crippen LogP contribution in [0.25, 0.3) is 11.1 Å². The average Bonchev–Trinajstić information content (AvgIpc) is 2.76. The lowest BCUT2D eigenvalue weighted by molar-refractivity contribution is -0.139. The van der Waals surface area contributed by atoms with E-state index in [1.165, 1.54) is 13.3 Å². The zero-order chi connectivity index (χ0) is 13.1. The second-order valence-electron chi connectivity index (χ2n) is 3.60. The topological polar surface area (TPSA) is 94.3 Å². The Morgan fingerprint density at radius 1 is 1.50 bits per heavy atom. The number of amides is 1. The number of hydrogen-bond acceptors (Lipinski definition) is 6. The molecule has 0 bridgehead atoms. The lowest BCUT2D eigenvalue weighted by Crippen LogP contribution is -2.30. The lowest BCUT2D eigenvalue weighted by atomic mass is 10.2. The van der Waals surface area contributed by atoms with Gasteiger partial charge in [-0.05, 0) is 13.0 Å². The van der Waals surface area contributed by atoms with Crippen molar-refractivity contribution >= 4 is 23.0 Å². The highest BCUT2D eigenvalue weighted by atomic mass is 16.5. The number of ether oxygens (including phenoxy) is 1. The molecule has 18 heavy (non-hydrogen) atoms. The molecule has 0 unspecified atom stereocenters. The minimum atomic E-state index is -0.515. The Bertz CT molecular complexity index is 605. The quantitative estimate of drug-likeness (QED) is 0.793. The third kappa shape index (κ3) is 2.29. The molecule has 0 saturated heterocycles. The third-order valence-corrected chi connectivity index (χ3v) is 2.39. The summed E-state index contributed by atoms with van der Waals surface area (Å²) in [5.74, 6) is -0.922. The molecule has 0 aliphatic rings. The molecule has 0 aliphatic carbocycles. The maximum atomic E-state index is 11.7. The van der Waals surface area contributed by atoms with Gasteiger partial charge in [-0.15, -0.1) is 0 Å². The Balaban J connectivity index is 2.17. The van der Waals surface area contributed by atoms with E-state index in [4.69, 9.17) is 4.52 Å². The normalized spacial score (nSPS) is 10.3. The highest BCUT2D eigenvalue weighted by Crippen LogP contribution is 2.16. The van der Waals surface area contributed by atoms with Gasteiger partial charge in [0.1, 0.15) is 6.54 Å². The van der Waals surface area contributed by atoms with Crippen LogP contribution in [0.3, 0.4) is 0 Å². The summed E-state index contributed by atoms with van der Waals surface area (Å²) >= 11 is 0. The van der Waals surface area contributed by atoms with Crippen molar-refractivity contribution in [2.24, 2.45) is 0 Å². The minimum absolute atomic E-state index is 0.185. The number of rotatable bonds is 3. The fourth-order valence-corrected chi connectivity index (χ4v) is 1.40. The molecule has 2 rings (SSSR count). The molecule has 1 amide bonds. The number of nitrogens with zero attached hydrogens (tertiary/aromatic N) is 2. The van der Waals surface area contributed by atoms with Crippen LogP contribution in [0.1, 0.15) is 16.1 Å². The van der Waals surface area contributed by atoms with Crippen molar-refractivity contribution in [2.45, 2.75) is 6.92 Å². The van der Waals surface area contributed by atoms with Crippen LogP contribution in [0.5, 0.6) is 0 Å². The fraction of sp³-hybridized carbons (Fsp3) is 0.273. The number of carbonyl (C=O) groups excluding carboxylic acids is 2. The van der Waals surface area contributed by atoms with E-state index in [2.05, 4.69) is 20.2 Å². The van der Waals surface area contributed by atoms with Crippen LogP contribution >= 0.6 is 0 Å². The molecule has 2 heterocycles. The zero-order valence-corrected chi connectivity index (χ0v) is 9.89. The lowest BCUT2D eigenvalue weighted by Gasteiger charge is -2.03. The van der Waals surface area contributed by atoms with Crippen molar-refractivity contribution in [1.82, 2.24) is 15.5 Å². The Kier molecular flexibility index (Phi) is 3.22. The van der Waals surface area contributed by atoms with E-state index in [-0.39, 0.29) is 6.54 Å². The fourth-order valence-electron chi connectivity index (χ4n) is 1.40. The maximum absolute atomic E-state index is 11.7. The maximum Gasteiger partial charge on any atom is 0.325 e. The predicted molar refractivity (Wildman–Crippen MR) is 60.9 cm³/mol. The van der Waals surface area contributed by atoms with Gasteiger partial charge in [-0.3, -0.25) is 9.59 Å². The first-order chi connectivity index (χ1) is 8.61. The standard InChI is InChI=1S/C11H11N3O4/c1-6-8-3-7(4-13-11(8)18-14-6)10(16)12-5-9(15)17-2/h3-4H,5H2,1-2H3,(H,12,16). The number of fused-ring (bicyclic) bond motifs is 1. The van der Waals surface area contributed by atoms with E-state index >= 15 is 0 Å². The molecule has 0 aliphatic heterocycles. The van der Waals surface area contributed by atoms with Crippen LogP contribution in [0, 0.1) is 6.92 Å². The first-order valence-corrected chi connectivity index (χ1v) is 5.19. The summed E-state index contributed by atoms with van der Waals surface area (Å²) in [6, 6.07) is 1.61. The molecule has 0 aromatic carbocycles. The number of nitrogens with one attached hydrogen (secondary N) is 1. The third-order valence-electron chi connectivity index (χ3n) is 2.39. The zero-order valence-electron chi connectivity index (χ0n) is 9.89. The van der Waals surface area contributed by atoms with Crippen molar-refractivity contribution < 1.29 is 18.8 Å². The summed E-state index contributed by atoms with van der Waals surface area (Å²) in [6.07, 6.45) is 1.36. The number of aryl methyl sites for hydroxylation is 1. The van der Waals surface area contributed by atoms with Gasteiger partial charge in [0.25, 0.3) is 11.6 Å². The highest BCUT2D eigenvalue weighted by molar-refractivity contribution is 5.98. The molecule has 0 saturated carbocycles. The van der Waals surface area contributed by atoms with Gasteiger partial charge < -0.3 is 14.6 Å². The van der Waals surface area contributed by atoms with E-state index in [1.54, 1.807) is 13.0 Å². The van der Waals surface area contributed by atoms with Crippen LogP contribution in [0.15, 0.2) is 16.8 Å². The first-order valence-electron chi connectivity index (χ1n) is 5.19. The summed E-state index contributed by atoms with van der Waals surface area (Å²) in [6.45, 7) is 1.57. The largest absolute Gasteiger partial charge is 0.468 e. The van der Waals surface area contributed by atoms with Crippen LogP contribution < -0.4 is 5.32 Å². The molecular weight excluding hydrogens is 238 g/mol. The Morgan fingerprint density at radius 3 is 3.00 bits per heavy atom. The first kappa shape index (κ1) is 12.0. The smallest absolute Gasteiger partial charge is 0.325 e. The van der Waals surface area contributed by atoms with Crippen molar-refractivity contribution in [3.05, 3.63) is 23.5 Å². The second kappa shape index (κ2) is 4.82. The Morgan fingerprint density at radius 2 is 2.28 bits per heavy atom. The summed E-state index contributed by atoms with van der Waals surface area (Å²) < 4.78 is 9.35. The van der Waals surface area contributed by atoms with E-state index in [9.17, 15) is 9.59 Å². The monoisotopic (exact) mass is 249 g/mol. The van der Waals surface area contributed by atoms with Gasteiger partial charge in [-0.1, -0.05) is 5.16 Å². The van der Waals surface area contributed by atoms with Crippen molar-refractivity contribution in [3.8, 4) is 0 Å². The van der Waals surface area contributed by atoms with E-state index in [1.807, 2.05) is 0 Å². The Labute approximate surface area is 102 Å². The molecule has 0 radical (unpaired) electrons. The molecule has 0 spiro atoms. The van der Waals surface area contributed by atoms with E-state index in [0.29, 0.717) is 22.4 Å². The molecule has 2 aromatic heterocycles.